The molecule has 1 aliphatic heterocycles. The van der Waals surface area contributed by atoms with E-state index < -0.39 is 6.09 Å². The standard InChI is InChI=1S/C20H35N5O5/c1-14(2)30-20(28)23(5)11-18-15(3)10-24(16(4)12-26)19(27)7-6-8-25-17(13-29-18)9-21-22-25/h9,14-16,18,26H,6-8,10-13H2,1-5H3/t15-,16-,18-/m1/s1. The van der Waals surface area contributed by atoms with Gasteiger partial charge >= 0.3 is 6.09 Å². The van der Waals surface area contributed by atoms with Crippen LogP contribution in [-0.2, 0) is 27.4 Å². The van der Waals surface area contributed by atoms with Crippen LogP contribution in [0.15, 0.2) is 6.20 Å². The van der Waals surface area contributed by atoms with Crippen molar-refractivity contribution < 1.29 is 24.2 Å². The molecule has 2 heterocycles. The number of carbonyl (C=O) groups is 2. The Hall–Kier alpha value is -2.20. The van der Waals surface area contributed by atoms with Crippen molar-refractivity contribution in [3.63, 3.8) is 0 Å². The number of likely N-dealkylation sites (N-methyl/N-ethyl adjacent to an activating group) is 1. The fourth-order valence-electron chi connectivity index (χ4n) is 3.38. The Bertz CT molecular complexity index is 695. The van der Waals surface area contributed by atoms with Gasteiger partial charge in [-0.05, 0) is 27.2 Å². The van der Waals surface area contributed by atoms with Crippen molar-refractivity contribution in [3.05, 3.63) is 11.9 Å². The monoisotopic (exact) mass is 425 g/mol. The van der Waals surface area contributed by atoms with Crippen molar-refractivity contribution in [1.29, 1.82) is 0 Å². The third kappa shape index (κ3) is 6.66. The molecule has 0 bridgehead atoms. The molecule has 0 aliphatic carbocycles. The van der Waals surface area contributed by atoms with Gasteiger partial charge in [0.05, 0.1) is 49.9 Å². The second-order valence-corrected chi connectivity index (χ2v) is 8.27. The van der Waals surface area contributed by atoms with Gasteiger partial charge in [-0.3, -0.25) is 4.79 Å². The molecular weight excluding hydrogens is 390 g/mol. The normalized spacial score (nSPS) is 22.1. The van der Waals surface area contributed by atoms with Gasteiger partial charge in [0.1, 0.15) is 0 Å². The number of hydrogen-bond acceptors (Lipinski definition) is 7. The molecule has 2 amide bonds. The van der Waals surface area contributed by atoms with Crippen LogP contribution >= 0.6 is 0 Å². The van der Waals surface area contributed by atoms with Crippen LogP contribution in [0.5, 0.6) is 0 Å². The highest BCUT2D eigenvalue weighted by Gasteiger charge is 2.29. The van der Waals surface area contributed by atoms with E-state index in [-0.39, 0.29) is 36.7 Å². The molecule has 0 saturated carbocycles. The van der Waals surface area contributed by atoms with Gasteiger partial charge in [0.2, 0.25) is 5.91 Å². The lowest BCUT2D eigenvalue weighted by atomic mass is 10.0. The number of aryl methyl sites for hydroxylation is 1. The first-order valence-corrected chi connectivity index (χ1v) is 10.5. The largest absolute Gasteiger partial charge is 0.447 e. The van der Waals surface area contributed by atoms with Crippen LogP contribution in [0.4, 0.5) is 4.79 Å². The van der Waals surface area contributed by atoms with Crippen molar-refractivity contribution in [2.24, 2.45) is 5.92 Å². The van der Waals surface area contributed by atoms with Crippen LogP contribution in [-0.4, -0.2) is 86.9 Å². The lowest BCUT2D eigenvalue weighted by Gasteiger charge is -2.35. The molecule has 1 aromatic heterocycles. The minimum absolute atomic E-state index is 0.0167. The highest BCUT2D eigenvalue weighted by Crippen LogP contribution is 2.18. The molecule has 0 saturated heterocycles. The zero-order chi connectivity index (χ0) is 22.3. The average Bonchev–Trinajstić information content (AvgIpc) is 3.14. The van der Waals surface area contributed by atoms with Gasteiger partial charge in [0.25, 0.3) is 0 Å². The first-order valence-electron chi connectivity index (χ1n) is 10.5. The predicted octanol–water partition coefficient (Wildman–Crippen LogP) is 1.28. The molecule has 1 aromatic rings. The van der Waals surface area contributed by atoms with E-state index in [1.54, 1.807) is 36.7 Å². The Kier molecular flexibility index (Phi) is 9.04. The van der Waals surface area contributed by atoms with Crippen molar-refractivity contribution in [2.75, 3.05) is 26.7 Å². The summed E-state index contributed by atoms with van der Waals surface area (Å²) in [6.45, 7) is 8.90. The number of hydrogen-bond donors (Lipinski definition) is 1. The third-order valence-electron chi connectivity index (χ3n) is 5.24. The summed E-state index contributed by atoms with van der Waals surface area (Å²) in [4.78, 5) is 28.3. The summed E-state index contributed by atoms with van der Waals surface area (Å²) in [6, 6.07) is -0.297. The summed E-state index contributed by atoms with van der Waals surface area (Å²) in [5.41, 5.74) is 0.827. The van der Waals surface area contributed by atoms with Gasteiger partial charge < -0.3 is 24.4 Å². The smallest absolute Gasteiger partial charge is 0.409 e. The summed E-state index contributed by atoms with van der Waals surface area (Å²) in [5.74, 6) is -0.0991. The van der Waals surface area contributed by atoms with Crippen molar-refractivity contribution in [3.8, 4) is 0 Å². The van der Waals surface area contributed by atoms with E-state index in [9.17, 15) is 14.7 Å². The van der Waals surface area contributed by atoms with E-state index in [1.807, 2.05) is 13.8 Å². The number of nitrogens with zero attached hydrogens (tertiary/aromatic N) is 5. The summed E-state index contributed by atoms with van der Waals surface area (Å²) >= 11 is 0. The Morgan fingerprint density at radius 2 is 2.17 bits per heavy atom. The molecular formula is C20H35N5O5. The predicted molar refractivity (Wildman–Crippen MR) is 110 cm³/mol. The second-order valence-electron chi connectivity index (χ2n) is 8.27. The number of aliphatic hydroxyl groups is 1. The van der Waals surface area contributed by atoms with Gasteiger partial charge in [0.15, 0.2) is 0 Å². The van der Waals surface area contributed by atoms with Crippen LogP contribution in [0.25, 0.3) is 0 Å². The van der Waals surface area contributed by atoms with Crippen molar-refractivity contribution in [2.45, 2.75) is 71.9 Å². The van der Waals surface area contributed by atoms with Crippen LogP contribution in [0.2, 0.25) is 0 Å². The minimum atomic E-state index is -0.421. The zero-order valence-electron chi connectivity index (χ0n) is 18.7. The Morgan fingerprint density at radius 3 is 2.83 bits per heavy atom. The molecule has 10 heteroatoms. The van der Waals surface area contributed by atoms with Crippen LogP contribution in [0.3, 0.4) is 0 Å². The van der Waals surface area contributed by atoms with Gasteiger partial charge in [-0.15, -0.1) is 5.10 Å². The quantitative estimate of drug-likeness (QED) is 0.757. The van der Waals surface area contributed by atoms with Gasteiger partial charge in [-0.25, -0.2) is 9.48 Å². The second kappa shape index (κ2) is 11.3. The molecule has 1 aliphatic rings. The summed E-state index contributed by atoms with van der Waals surface area (Å²) in [6.07, 6.45) is 1.67. The van der Waals surface area contributed by atoms with E-state index >= 15 is 0 Å². The van der Waals surface area contributed by atoms with Crippen molar-refractivity contribution >= 4 is 12.0 Å². The Balaban J connectivity index is 2.22. The molecule has 3 atom stereocenters. The lowest BCUT2D eigenvalue weighted by molar-refractivity contribution is -0.136. The topological polar surface area (TPSA) is 110 Å². The van der Waals surface area contributed by atoms with E-state index in [1.165, 1.54) is 4.90 Å². The molecule has 0 radical (unpaired) electrons. The molecule has 0 fully saturated rings. The number of fused-ring (bicyclic) bond motifs is 1. The van der Waals surface area contributed by atoms with E-state index in [4.69, 9.17) is 9.47 Å². The molecule has 0 unspecified atom stereocenters. The van der Waals surface area contributed by atoms with Crippen molar-refractivity contribution in [1.82, 2.24) is 24.8 Å². The maximum absolute atomic E-state index is 12.8. The van der Waals surface area contributed by atoms with Crippen LogP contribution < -0.4 is 0 Å². The third-order valence-corrected chi connectivity index (χ3v) is 5.24. The highest BCUT2D eigenvalue weighted by molar-refractivity contribution is 5.76. The minimum Gasteiger partial charge on any atom is -0.447 e. The molecule has 1 N–H and O–H groups in total. The summed E-state index contributed by atoms with van der Waals surface area (Å²) in [5, 5.41) is 17.7. The maximum atomic E-state index is 12.8. The molecule has 30 heavy (non-hydrogen) atoms. The zero-order valence-corrected chi connectivity index (χ0v) is 18.7. The fraction of sp³-hybridized carbons (Fsp3) is 0.800. The van der Waals surface area contributed by atoms with Gasteiger partial charge in [-0.2, -0.15) is 0 Å². The Labute approximate surface area is 178 Å². The molecule has 0 spiro atoms. The highest BCUT2D eigenvalue weighted by atomic mass is 16.6. The maximum Gasteiger partial charge on any atom is 0.409 e. The first kappa shape index (κ1) is 24.1. The average molecular weight is 426 g/mol. The van der Waals surface area contributed by atoms with Gasteiger partial charge in [-0.1, -0.05) is 12.1 Å². The number of ether oxygens (including phenoxy) is 2. The number of aliphatic hydroxyl groups excluding tert-OH is 1. The number of rotatable bonds is 5. The number of amides is 2. The number of carbonyl (C=O) groups excluding carboxylic acids is 2. The van der Waals surface area contributed by atoms with Crippen LogP contribution in [0.1, 0.15) is 46.2 Å². The van der Waals surface area contributed by atoms with Gasteiger partial charge in [0, 0.05) is 32.5 Å². The SMILES string of the molecule is CC(C)OC(=O)N(C)C[C@H]1OCc2cnnn2CCCC(=O)N([C@H](C)CO)C[C@H]1C. The molecule has 170 valence electrons. The van der Waals surface area contributed by atoms with E-state index in [0.29, 0.717) is 39.1 Å². The lowest BCUT2D eigenvalue weighted by Crippen LogP contribution is -2.48. The molecule has 2 rings (SSSR count). The molecule has 10 nitrogen and oxygen atoms in total. The fourth-order valence-corrected chi connectivity index (χ4v) is 3.38. The molecule has 0 aromatic carbocycles. The summed E-state index contributed by atoms with van der Waals surface area (Å²) < 4.78 is 13.2. The van der Waals surface area contributed by atoms with Crippen LogP contribution in [0, 0.1) is 5.92 Å². The number of aromatic nitrogens is 3. The summed E-state index contributed by atoms with van der Waals surface area (Å²) in [7, 11) is 1.67. The van der Waals surface area contributed by atoms with E-state index in [0.717, 1.165) is 5.69 Å². The van der Waals surface area contributed by atoms with E-state index in [2.05, 4.69) is 10.3 Å². The Morgan fingerprint density at radius 1 is 1.43 bits per heavy atom. The first-order chi connectivity index (χ1) is 14.2.